The molecule has 0 radical (unpaired) electrons. The number of hydrogen-bond acceptors (Lipinski definition) is 5. The molecule has 0 fully saturated rings. The molecule has 1 unspecified atom stereocenters. The maximum Gasteiger partial charge on any atom is 0.375 e. The molecule has 0 saturated carbocycles. The second-order valence-corrected chi connectivity index (χ2v) is 4.37. The highest BCUT2D eigenvalue weighted by molar-refractivity contribution is 8.21. The third-order valence-electron chi connectivity index (χ3n) is 1.38. The smallest absolute Gasteiger partial charge is 0.375 e. The molecule has 9 heteroatoms. The molecule has 1 atom stereocenters. The van der Waals surface area contributed by atoms with E-state index in [0.29, 0.717) is 7.11 Å². The Labute approximate surface area is 85.7 Å². The molecule has 92 valence electrons. The molecule has 0 spiro atoms. The lowest BCUT2D eigenvalue weighted by Gasteiger charge is -2.34. The summed E-state index contributed by atoms with van der Waals surface area (Å²) in [4.78, 5) is 10.2. The zero-order valence-corrected chi connectivity index (χ0v) is 8.76. The minimum absolute atomic E-state index is 0.599. The number of ether oxygens (including phenoxy) is 1. The van der Waals surface area contributed by atoms with Gasteiger partial charge in [0.15, 0.2) is 10.9 Å². The third kappa shape index (κ3) is 3.52. The maximum atomic E-state index is 12.9. The Balaban J connectivity index is 4.51. The minimum atomic E-state index is -4.84. The topological polar surface area (TPSA) is 76.0 Å². The van der Waals surface area contributed by atoms with E-state index in [-0.39, 0.29) is 0 Å². The Hall–Kier alpha value is -0.510. The second kappa shape index (κ2) is 5.01. The first-order valence-corrected chi connectivity index (χ1v) is 5.11. The van der Waals surface area contributed by atoms with Crippen LogP contribution in [0.2, 0.25) is 0 Å². The third-order valence-corrected chi connectivity index (χ3v) is 2.81. The van der Waals surface area contributed by atoms with Gasteiger partial charge in [0.1, 0.15) is 6.61 Å². The zero-order chi connectivity index (χ0) is 12.3. The fourth-order valence-electron chi connectivity index (χ4n) is 0.565. The van der Waals surface area contributed by atoms with E-state index in [2.05, 4.69) is 8.92 Å². The molecule has 5 nitrogen and oxygen atoms in total. The quantitative estimate of drug-likeness (QED) is 0.729. The first kappa shape index (κ1) is 14.5. The van der Waals surface area contributed by atoms with Gasteiger partial charge in [0.2, 0.25) is 6.17 Å². The van der Waals surface area contributed by atoms with Crippen LogP contribution in [0, 0.1) is 0 Å². The number of hydrogen-bond donors (Lipinski definition) is 2. The number of carbonyl (C=O) groups is 1. The predicted octanol–water partition coefficient (Wildman–Crippen LogP) is 1.79. The Bertz CT molecular complexity index is 235. The number of esters is 1. The van der Waals surface area contributed by atoms with E-state index < -0.39 is 34.9 Å². The van der Waals surface area contributed by atoms with Crippen LogP contribution < -0.4 is 0 Å². The summed E-state index contributed by atoms with van der Waals surface area (Å²) < 4.78 is 63.6. The van der Waals surface area contributed by atoms with E-state index in [1.165, 1.54) is 0 Å². The van der Waals surface area contributed by atoms with Crippen LogP contribution in [-0.2, 0) is 13.7 Å². The second-order valence-electron chi connectivity index (χ2n) is 2.50. The molecular formula is C6H11F3O5S. The van der Waals surface area contributed by atoms with Crippen LogP contribution in [0.15, 0.2) is 0 Å². The van der Waals surface area contributed by atoms with Crippen LogP contribution in [0.1, 0.15) is 6.92 Å². The van der Waals surface area contributed by atoms with Crippen molar-refractivity contribution in [1.82, 2.24) is 0 Å². The van der Waals surface area contributed by atoms with Crippen LogP contribution >= 0.6 is 10.9 Å². The van der Waals surface area contributed by atoms with Crippen molar-refractivity contribution in [3.63, 3.8) is 0 Å². The lowest BCUT2D eigenvalue weighted by molar-refractivity contribution is -0.146. The molecule has 0 aliphatic rings. The molecular weight excluding hydrogens is 241 g/mol. The van der Waals surface area contributed by atoms with Crippen molar-refractivity contribution in [2.24, 2.45) is 0 Å². The van der Waals surface area contributed by atoms with Gasteiger partial charge in [-0.25, -0.2) is 4.39 Å². The van der Waals surface area contributed by atoms with Gasteiger partial charge >= 0.3 is 11.2 Å². The van der Waals surface area contributed by atoms with Crippen molar-refractivity contribution in [3.05, 3.63) is 0 Å². The van der Waals surface area contributed by atoms with Gasteiger partial charge < -0.3 is 13.8 Å². The average molecular weight is 252 g/mol. The van der Waals surface area contributed by atoms with Gasteiger partial charge in [-0.2, -0.15) is 8.78 Å². The van der Waals surface area contributed by atoms with Crippen LogP contribution in [0.5, 0.6) is 0 Å². The summed E-state index contributed by atoms with van der Waals surface area (Å²) in [5.74, 6) is -0.956. The standard InChI is InChI=1S/C6H11F3O5S/c1-4(10)14-3-5(7)6(8,9)15(11,12)13-2/h5,11-12H,3H2,1-2H3. The largest absolute Gasteiger partial charge is 0.462 e. The monoisotopic (exact) mass is 252 g/mol. The van der Waals surface area contributed by atoms with Gasteiger partial charge in [-0.15, -0.1) is 0 Å². The molecule has 0 rings (SSSR count). The van der Waals surface area contributed by atoms with Gasteiger partial charge in [-0.1, -0.05) is 0 Å². The van der Waals surface area contributed by atoms with Gasteiger partial charge in [0.25, 0.3) is 0 Å². The SMILES string of the molecule is COS(O)(O)C(F)(F)C(F)COC(C)=O. The van der Waals surface area contributed by atoms with Gasteiger partial charge in [0, 0.05) is 6.92 Å². The first-order chi connectivity index (χ1) is 6.65. The zero-order valence-electron chi connectivity index (χ0n) is 7.95. The molecule has 0 amide bonds. The predicted molar refractivity (Wildman–Crippen MR) is 46.3 cm³/mol. The molecule has 0 heterocycles. The van der Waals surface area contributed by atoms with E-state index in [1.54, 1.807) is 0 Å². The van der Waals surface area contributed by atoms with E-state index in [1.807, 2.05) is 0 Å². The summed E-state index contributed by atoms with van der Waals surface area (Å²) in [7, 11) is -4.25. The fourth-order valence-corrected chi connectivity index (χ4v) is 1.19. The Morgan fingerprint density at radius 1 is 1.53 bits per heavy atom. The molecule has 15 heavy (non-hydrogen) atoms. The number of carbonyl (C=O) groups excluding carboxylic acids is 1. The molecule has 0 aromatic rings. The minimum Gasteiger partial charge on any atom is -0.462 e. The van der Waals surface area contributed by atoms with Crippen LogP contribution in [0.3, 0.4) is 0 Å². The molecule has 0 aliphatic heterocycles. The average Bonchev–Trinajstić information content (AvgIpc) is 2.13. The Morgan fingerprint density at radius 3 is 2.33 bits per heavy atom. The lowest BCUT2D eigenvalue weighted by Crippen LogP contribution is -2.39. The maximum absolute atomic E-state index is 12.9. The first-order valence-electron chi connectivity index (χ1n) is 3.63. The van der Waals surface area contributed by atoms with Crippen LogP contribution in [0.25, 0.3) is 0 Å². The summed E-state index contributed by atoms with van der Waals surface area (Å²) in [6.07, 6.45) is -3.05. The summed E-state index contributed by atoms with van der Waals surface area (Å²) in [5.41, 5.74) is 0. The highest BCUT2D eigenvalue weighted by atomic mass is 32.3. The molecule has 2 N–H and O–H groups in total. The lowest BCUT2D eigenvalue weighted by atomic mass is 10.4. The van der Waals surface area contributed by atoms with Crippen molar-refractivity contribution in [2.45, 2.75) is 18.3 Å². The van der Waals surface area contributed by atoms with Crippen molar-refractivity contribution in [1.29, 1.82) is 0 Å². The van der Waals surface area contributed by atoms with E-state index >= 15 is 0 Å². The van der Waals surface area contributed by atoms with Gasteiger partial charge in [-0.3, -0.25) is 8.98 Å². The number of halogens is 3. The molecule has 0 aromatic carbocycles. The van der Waals surface area contributed by atoms with Gasteiger partial charge in [-0.05, 0) is 0 Å². The van der Waals surface area contributed by atoms with Crippen molar-refractivity contribution >= 4 is 16.8 Å². The molecule has 0 aromatic heterocycles. The fraction of sp³-hybridized carbons (Fsp3) is 0.833. The molecule has 0 aliphatic carbocycles. The van der Waals surface area contributed by atoms with E-state index in [4.69, 9.17) is 9.11 Å². The summed E-state index contributed by atoms with van der Waals surface area (Å²) in [6.45, 7) is -0.374. The van der Waals surface area contributed by atoms with Gasteiger partial charge in [0.05, 0.1) is 7.11 Å². The van der Waals surface area contributed by atoms with Crippen molar-refractivity contribution in [2.75, 3.05) is 13.7 Å². The highest BCUT2D eigenvalue weighted by Gasteiger charge is 2.56. The summed E-state index contributed by atoms with van der Waals surface area (Å²) >= 11 is 0. The molecule has 0 saturated heterocycles. The highest BCUT2D eigenvalue weighted by Crippen LogP contribution is 2.57. The summed E-state index contributed by atoms with van der Waals surface area (Å²) in [6, 6.07) is 0. The van der Waals surface area contributed by atoms with E-state index in [9.17, 15) is 18.0 Å². The van der Waals surface area contributed by atoms with E-state index in [0.717, 1.165) is 6.92 Å². The molecule has 0 bridgehead atoms. The van der Waals surface area contributed by atoms with Crippen LogP contribution in [-0.4, -0.2) is 40.2 Å². The number of rotatable bonds is 5. The number of alkyl halides is 3. The van der Waals surface area contributed by atoms with Crippen molar-refractivity contribution < 1.29 is 36.0 Å². The Kier molecular flexibility index (Phi) is 4.84. The van der Waals surface area contributed by atoms with Crippen molar-refractivity contribution in [3.8, 4) is 0 Å². The Morgan fingerprint density at radius 2 is 2.00 bits per heavy atom. The van der Waals surface area contributed by atoms with Crippen LogP contribution in [0.4, 0.5) is 13.2 Å². The summed E-state index contributed by atoms with van der Waals surface area (Å²) in [5, 5.41) is -4.53. The normalized spacial score (nSPS) is 15.9.